The van der Waals surface area contributed by atoms with Crippen LogP contribution < -0.4 is 10.6 Å². The highest BCUT2D eigenvalue weighted by atomic mass is 32.1. The molecule has 0 bridgehead atoms. The summed E-state index contributed by atoms with van der Waals surface area (Å²) in [7, 11) is 0. The van der Waals surface area contributed by atoms with Crippen LogP contribution >= 0.6 is 12.6 Å². The van der Waals surface area contributed by atoms with Gasteiger partial charge < -0.3 is 20.3 Å². The van der Waals surface area contributed by atoms with Crippen LogP contribution in [0.15, 0.2) is 61.2 Å². The second kappa shape index (κ2) is 13.2. The molecule has 36 heavy (non-hydrogen) atoms. The van der Waals surface area contributed by atoms with Gasteiger partial charge in [-0.15, -0.1) is 6.58 Å². The number of ether oxygens (including phenoxy) is 1. The van der Waals surface area contributed by atoms with Gasteiger partial charge in [0.15, 0.2) is 0 Å². The minimum Gasteiger partial charge on any atom is -0.444 e. The van der Waals surface area contributed by atoms with Crippen molar-refractivity contribution in [1.82, 2.24) is 15.5 Å². The molecule has 2 N–H and O–H groups in total. The molecule has 0 heterocycles. The van der Waals surface area contributed by atoms with Gasteiger partial charge in [-0.05, 0) is 45.7 Å². The van der Waals surface area contributed by atoms with Gasteiger partial charge in [0.2, 0.25) is 11.8 Å². The molecular weight excluding hydrogens is 474 g/mol. The number of nitrogens with one attached hydrogen (secondary N) is 2. The molecule has 194 valence electrons. The van der Waals surface area contributed by atoms with Crippen molar-refractivity contribution in [3.05, 3.63) is 83.4 Å². The Kier molecular flexibility index (Phi) is 10.6. The molecule has 0 aliphatic rings. The molecule has 0 aromatic heterocycles. The topological polar surface area (TPSA) is 87.7 Å². The molecule has 2 aromatic carbocycles. The fourth-order valence-corrected chi connectivity index (χ4v) is 4.07. The number of thiol groups is 1. The number of alkyl carbamates (subject to hydrolysis) is 1. The highest BCUT2D eigenvalue weighted by molar-refractivity contribution is 7.80. The highest BCUT2D eigenvalue weighted by Crippen LogP contribution is 2.25. The van der Waals surface area contributed by atoms with Gasteiger partial charge >= 0.3 is 6.09 Å². The van der Waals surface area contributed by atoms with Crippen molar-refractivity contribution in [2.24, 2.45) is 0 Å². The van der Waals surface area contributed by atoms with Crippen LogP contribution in [0.4, 0.5) is 4.79 Å². The summed E-state index contributed by atoms with van der Waals surface area (Å²) >= 11 is 4.29. The van der Waals surface area contributed by atoms with Gasteiger partial charge in [0, 0.05) is 18.8 Å². The average molecular weight is 512 g/mol. The van der Waals surface area contributed by atoms with E-state index in [4.69, 9.17) is 4.74 Å². The number of aryl methyl sites for hydroxylation is 2. The van der Waals surface area contributed by atoms with Crippen LogP contribution in [0.25, 0.3) is 0 Å². The van der Waals surface area contributed by atoms with Gasteiger partial charge in [-0.3, -0.25) is 9.59 Å². The zero-order chi connectivity index (χ0) is 26.9. The molecule has 2 unspecified atom stereocenters. The average Bonchev–Trinajstić information content (AvgIpc) is 2.79. The van der Waals surface area contributed by atoms with Gasteiger partial charge in [-0.1, -0.05) is 65.7 Å². The Labute approximate surface area is 219 Å². The van der Waals surface area contributed by atoms with Crippen molar-refractivity contribution in [2.75, 3.05) is 12.3 Å². The maximum Gasteiger partial charge on any atom is 0.408 e. The zero-order valence-electron chi connectivity index (χ0n) is 21.7. The molecule has 2 atom stereocenters. The molecule has 0 spiro atoms. The van der Waals surface area contributed by atoms with Crippen LogP contribution in [0.1, 0.15) is 49.1 Å². The first kappa shape index (κ1) is 29.0. The van der Waals surface area contributed by atoms with E-state index in [1.54, 1.807) is 26.8 Å². The molecule has 0 aliphatic carbocycles. The van der Waals surface area contributed by atoms with E-state index in [0.717, 1.165) is 16.7 Å². The van der Waals surface area contributed by atoms with Gasteiger partial charge in [-0.2, -0.15) is 12.6 Å². The molecule has 0 aliphatic heterocycles. The smallest absolute Gasteiger partial charge is 0.408 e. The lowest BCUT2D eigenvalue weighted by Gasteiger charge is -2.33. The maximum atomic E-state index is 13.7. The second-order valence-electron chi connectivity index (χ2n) is 9.69. The Hall–Kier alpha value is -3.26. The third kappa shape index (κ3) is 8.75. The number of rotatable bonds is 10. The molecule has 2 aromatic rings. The first-order chi connectivity index (χ1) is 16.9. The van der Waals surface area contributed by atoms with Gasteiger partial charge in [0.1, 0.15) is 17.7 Å². The summed E-state index contributed by atoms with van der Waals surface area (Å²) in [6.45, 7) is 13.3. The second-order valence-corrected chi connectivity index (χ2v) is 10.1. The van der Waals surface area contributed by atoms with Crippen LogP contribution in [-0.2, 0) is 20.9 Å². The number of hydrogen-bond donors (Lipinski definition) is 3. The summed E-state index contributed by atoms with van der Waals surface area (Å²) in [6, 6.07) is 13.4. The van der Waals surface area contributed by atoms with Crippen molar-refractivity contribution < 1.29 is 19.1 Å². The van der Waals surface area contributed by atoms with E-state index in [1.165, 1.54) is 4.90 Å². The van der Waals surface area contributed by atoms with Crippen molar-refractivity contribution in [3.8, 4) is 0 Å². The van der Waals surface area contributed by atoms with E-state index in [9.17, 15) is 14.4 Å². The minimum absolute atomic E-state index is 0.0247. The third-order valence-electron chi connectivity index (χ3n) is 5.21. The summed E-state index contributed by atoms with van der Waals surface area (Å²) in [4.78, 5) is 41.1. The predicted molar refractivity (Wildman–Crippen MR) is 146 cm³/mol. The van der Waals surface area contributed by atoms with Crippen LogP contribution in [0.2, 0.25) is 0 Å². The number of carbonyl (C=O) groups is 3. The fraction of sp³-hybridized carbons (Fsp3) is 0.393. The summed E-state index contributed by atoms with van der Waals surface area (Å²) < 4.78 is 5.32. The van der Waals surface area contributed by atoms with Crippen molar-refractivity contribution >= 4 is 30.5 Å². The Morgan fingerprint density at radius 1 is 1.08 bits per heavy atom. The summed E-state index contributed by atoms with van der Waals surface area (Å²) in [5.74, 6) is -0.777. The predicted octanol–water partition coefficient (Wildman–Crippen LogP) is 4.50. The van der Waals surface area contributed by atoms with Crippen LogP contribution in [-0.4, -0.2) is 46.7 Å². The number of nitrogens with zero attached hydrogens (tertiary/aromatic N) is 1. The van der Waals surface area contributed by atoms with E-state index in [1.807, 2.05) is 62.4 Å². The van der Waals surface area contributed by atoms with E-state index in [2.05, 4.69) is 29.8 Å². The fourth-order valence-electron chi connectivity index (χ4n) is 3.82. The summed E-state index contributed by atoms with van der Waals surface area (Å²) in [5.41, 5.74) is 2.81. The molecule has 0 saturated heterocycles. The van der Waals surface area contributed by atoms with E-state index >= 15 is 0 Å². The first-order valence-electron chi connectivity index (χ1n) is 11.9. The Balaban J connectivity index is 2.41. The molecule has 0 saturated carbocycles. The quantitative estimate of drug-likeness (QED) is 0.324. The Bertz CT molecular complexity index is 1050. The van der Waals surface area contributed by atoms with Gasteiger partial charge in [-0.25, -0.2) is 4.79 Å². The van der Waals surface area contributed by atoms with Crippen LogP contribution in [0, 0.1) is 13.8 Å². The SMILES string of the molecule is C=CCN(C(=O)C(CS)NC(=O)OC(C)(C)C)C(C(=O)NCc1ccccc1)c1cc(C)cc(C)c1. The third-order valence-corrected chi connectivity index (χ3v) is 5.58. The zero-order valence-corrected chi connectivity index (χ0v) is 22.6. The van der Waals surface area contributed by atoms with Crippen molar-refractivity contribution in [1.29, 1.82) is 0 Å². The normalized spacial score (nSPS) is 12.7. The molecule has 7 nitrogen and oxygen atoms in total. The van der Waals surface area contributed by atoms with Crippen LogP contribution in [0.3, 0.4) is 0 Å². The molecular formula is C28H37N3O4S. The summed E-state index contributed by atoms with van der Waals surface area (Å²) in [6.07, 6.45) is 0.825. The lowest BCUT2D eigenvalue weighted by Crippen LogP contribution is -2.53. The summed E-state index contributed by atoms with van der Waals surface area (Å²) in [5, 5.41) is 5.55. The number of benzene rings is 2. The standard InChI is InChI=1S/C28H37N3O4S/c1-7-13-31(26(33)23(18-36)30-27(34)35-28(4,5)6)24(22-15-19(2)14-20(3)16-22)25(32)29-17-21-11-9-8-10-12-21/h7-12,14-16,23-24,36H,1,13,17-18H2,2-6H3,(H,29,32)(H,30,34). The lowest BCUT2D eigenvalue weighted by molar-refractivity contribution is -0.141. The van der Waals surface area contributed by atoms with E-state index < -0.39 is 29.7 Å². The van der Waals surface area contributed by atoms with Gasteiger partial charge in [0.05, 0.1) is 0 Å². The molecule has 2 rings (SSSR count). The Morgan fingerprint density at radius 3 is 2.22 bits per heavy atom. The van der Waals surface area contributed by atoms with E-state index in [-0.39, 0.29) is 18.2 Å². The first-order valence-corrected chi connectivity index (χ1v) is 12.5. The molecule has 0 radical (unpaired) electrons. The van der Waals surface area contributed by atoms with E-state index in [0.29, 0.717) is 12.1 Å². The van der Waals surface area contributed by atoms with Crippen LogP contribution in [0.5, 0.6) is 0 Å². The number of hydrogen-bond acceptors (Lipinski definition) is 5. The number of carbonyl (C=O) groups excluding carboxylic acids is 3. The maximum absolute atomic E-state index is 13.7. The lowest BCUT2D eigenvalue weighted by atomic mass is 9.98. The monoisotopic (exact) mass is 511 g/mol. The largest absolute Gasteiger partial charge is 0.444 e. The number of amides is 3. The molecule has 0 fully saturated rings. The Morgan fingerprint density at radius 2 is 1.69 bits per heavy atom. The van der Waals surface area contributed by atoms with Crippen molar-refractivity contribution in [2.45, 2.75) is 58.8 Å². The van der Waals surface area contributed by atoms with Gasteiger partial charge in [0.25, 0.3) is 0 Å². The molecule has 8 heteroatoms. The molecule has 3 amide bonds. The highest BCUT2D eigenvalue weighted by Gasteiger charge is 2.35. The van der Waals surface area contributed by atoms with Crippen molar-refractivity contribution in [3.63, 3.8) is 0 Å². The minimum atomic E-state index is -1.00.